The zero-order valence-electron chi connectivity index (χ0n) is 12.4. The number of para-hydroxylation sites is 1. The molecular weight excluding hydrogens is 325 g/mol. The van der Waals surface area contributed by atoms with E-state index >= 15 is 0 Å². The summed E-state index contributed by atoms with van der Waals surface area (Å²) in [6.07, 6.45) is 3.61. The molecule has 4 rings (SSSR count). The third-order valence-corrected chi connectivity index (χ3v) is 4.46. The highest BCUT2D eigenvalue weighted by Crippen LogP contribution is 2.37. The van der Waals surface area contributed by atoms with Crippen molar-refractivity contribution in [3.63, 3.8) is 0 Å². The molecular formula is C18H12FN3OS. The number of nitrogens with one attached hydrogen (secondary N) is 1. The van der Waals surface area contributed by atoms with Crippen LogP contribution >= 0.6 is 11.3 Å². The predicted octanol–water partition coefficient (Wildman–Crippen LogP) is 4.99. The van der Waals surface area contributed by atoms with Gasteiger partial charge in [0.2, 0.25) is 5.88 Å². The highest BCUT2D eigenvalue weighted by atomic mass is 32.1. The number of nitrogens with zero attached hydrogens (tertiary/aromatic N) is 2. The van der Waals surface area contributed by atoms with Crippen LogP contribution < -0.4 is 5.32 Å². The lowest BCUT2D eigenvalue weighted by Gasteiger charge is -2.01. The Balaban J connectivity index is 1.63. The zero-order valence-corrected chi connectivity index (χ0v) is 13.2. The van der Waals surface area contributed by atoms with Crippen molar-refractivity contribution in [2.24, 2.45) is 4.99 Å². The van der Waals surface area contributed by atoms with E-state index in [0.29, 0.717) is 15.7 Å². The van der Waals surface area contributed by atoms with Crippen molar-refractivity contribution in [1.82, 2.24) is 4.98 Å². The van der Waals surface area contributed by atoms with Crippen LogP contribution in [0.3, 0.4) is 0 Å². The molecule has 0 atom stereocenters. The van der Waals surface area contributed by atoms with Crippen LogP contribution in [-0.4, -0.2) is 16.3 Å². The number of allylic oxidation sites excluding steroid dienone is 1. The molecule has 1 aliphatic heterocycles. The topological polar surface area (TPSA) is 57.5 Å². The van der Waals surface area contributed by atoms with E-state index in [1.807, 2.05) is 30.3 Å². The largest absolute Gasteiger partial charge is 0.492 e. The van der Waals surface area contributed by atoms with Gasteiger partial charge in [-0.25, -0.2) is 4.39 Å². The first-order valence-electron chi connectivity index (χ1n) is 7.26. The molecule has 2 heterocycles. The van der Waals surface area contributed by atoms with E-state index in [1.165, 1.54) is 23.5 Å². The van der Waals surface area contributed by atoms with Gasteiger partial charge in [0, 0.05) is 23.0 Å². The molecule has 0 amide bonds. The molecule has 0 aliphatic carbocycles. The van der Waals surface area contributed by atoms with Crippen molar-refractivity contribution in [1.29, 1.82) is 0 Å². The second-order valence-electron chi connectivity index (χ2n) is 5.22. The van der Waals surface area contributed by atoms with Crippen LogP contribution in [0.1, 0.15) is 10.4 Å². The number of fused-ring (bicyclic) bond motifs is 1. The van der Waals surface area contributed by atoms with Crippen molar-refractivity contribution < 1.29 is 9.50 Å². The average Bonchev–Trinajstić information content (AvgIpc) is 3.12. The van der Waals surface area contributed by atoms with Crippen LogP contribution in [0.15, 0.2) is 53.5 Å². The fraction of sp³-hybridized carbons (Fsp3) is 0. The van der Waals surface area contributed by atoms with Gasteiger partial charge >= 0.3 is 0 Å². The first-order chi connectivity index (χ1) is 11.7. The number of aromatic hydroxyl groups is 1. The molecule has 24 heavy (non-hydrogen) atoms. The summed E-state index contributed by atoms with van der Waals surface area (Å²) in [7, 11) is 0. The Kier molecular flexibility index (Phi) is 3.59. The minimum atomic E-state index is -0.332. The highest BCUT2D eigenvalue weighted by Gasteiger charge is 2.14. The number of rotatable bonds is 3. The van der Waals surface area contributed by atoms with Crippen molar-refractivity contribution in [2.75, 3.05) is 5.32 Å². The van der Waals surface area contributed by atoms with Crippen molar-refractivity contribution >= 4 is 45.7 Å². The van der Waals surface area contributed by atoms with E-state index < -0.39 is 0 Å². The molecule has 0 fully saturated rings. The van der Waals surface area contributed by atoms with Crippen LogP contribution in [0.25, 0.3) is 11.6 Å². The normalized spacial score (nSPS) is 14.1. The predicted molar refractivity (Wildman–Crippen MR) is 95.9 cm³/mol. The molecule has 2 aromatic carbocycles. The average molecular weight is 337 g/mol. The first kappa shape index (κ1) is 14.6. The van der Waals surface area contributed by atoms with Crippen LogP contribution in [-0.2, 0) is 0 Å². The maximum Gasteiger partial charge on any atom is 0.231 e. The Bertz CT molecular complexity index is 978. The molecule has 0 saturated carbocycles. The van der Waals surface area contributed by atoms with E-state index in [-0.39, 0.29) is 11.7 Å². The lowest BCUT2D eigenvalue weighted by Crippen LogP contribution is -1.89. The highest BCUT2D eigenvalue weighted by molar-refractivity contribution is 7.16. The third kappa shape index (κ3) is 2.79. The molecule has 0 spiro atoms. The van der Waals surface area contributed by atoms with Gasteiger partial charge in [0.25, 0.3) is 0 Å². The minimum Gasteiger partial charge on any atom is -0.492 e. The van der Waals surface area contributed by atoms with Gasteiger partial charge in [0.05, 0.1) is 10.6 Å². The van der Waals surface area contributed by atoms with Gasteiger partial charge in [-0.1, -0.05) is 35.6 Å². The molecule has 0 radical (unpaired) electrons. The maximum atomic E-state index is 13.2. The Morgan fingerprint density at radius 1 is 1.12 bits per heavy atom. The standard InChI is InChI=1S/C18H12FN3OS/c19-12-4-3-5-13(9-12)21-18-22-17(23)16(24-18)8-11-10-20-15-7-2-1-6-14(11)15/h1-10,23H,(H,21,22)/b11-8+. The quantitative estimate of drug-likeness (QED) is 0.708. The number of halogens is 1. The Hall–Kier alpha value is -2.99. The van der Waals surface area contributed by atoms with Crippen LogP contribution in [0.5, 0.6) is 5.88 Å². The van der Waals surface area contributed by atoms with Gasteiger partial charge in [-0.15, -0.1) is 0 Å². The molecule has 1 aliphatic rings. The lowest BCUT2D eigenvalue weighted by molar-refractivity contribution is 0.457. The molecule has 6 heteroatoms. The Morgan fingerprint density at radius 2 is 2.00 bits per heavy atom. The molecule has 3 aromatic rings. The number of hydrogen-bond donors (Lipinski definition) is 2. The van der Waals surface area contributed by atoms with E-state index in [9.17, 15) is 9.50 Å². The first-order valence-corrected chi connectivity index (χ1v) is 8.08. The van der Waals surface area contributed by atoms with Gasteiger partial charge in [-0.05, 0) is 30.3 Å². The molecule has 0 unspecified atom stereocenters. The summed E-state index contributed by atoms with van der Waals surface area (Å²) in [5.41, 5.74) is 3.42. The smallest absolute Gasteiger partial charge is 0.231 e. The monoisotopic (exact) mass is 337 g/mol. The summed E-state index contributed by atoms with van der Waals surface area (Å²) in [6, 6.07) is 13.9. The number of aliphatic imine (C=N–C) groups is 1. The molecule has 2 N–H and O–H groups in total. The number of benzene rings is 2. The van der Waals surface area contributed by atoms with Crippen LogP contribution in [0, 0.1) is 5.82 Å². The fourth-order valence-electron chi connectivity index (χ4n) is 2.46. The summed E-state index contributed by atoms with van der Waals surface area (Å²) in [6.45, 7) is 0. The number of hydrogen-bond acceptors (Lipinski definition) is 5. The summed E-state index contributed by atoms with van der Waals surface area (Å²) in [5, 5.41) is 13.6. The second kappa shape index (κ2) is 5.90. The summed E-state index contributed by atoms with van der Waals surface area (Å²) < 4.78 is 13.2. The van der Waals surface area contributed by atoms with Crippen LogP contribution in [0.2, 0.25) is 0 Å². The Morgan fingerprint density at radius 3 is 2.88 bits per heavy atom. The molecule has 1 aromatic heterocycles. The fourth-order valence-corrected chi connectivity index (χ4v) is 3.29. The molecule has 4 nitrogen and oxygen atoms in total. The van der Waals surface area contributed by atoms with E-state index in [4.69, 9.17) is 0 Å². The van der Waals surface area contributed by atoms with Crippen molar-refractivity contribution in [2.45, 2.75) is 0 Å². The summed E-state index contributed by atoms with van der Waals surface area (Å²) in [4.78, 5) is 9.05. The SMILES string of the molecule is Oc1nc(Nc2cccc(F)c2)sc1/C=C1\C=Nc2ccccc21. The molecule has 0 bridgehead atoms. The van der Waals surface area contributed by atoms with Gasteiger partial charge in [0.15, 0.2) is 5.13 Å². The molecule has 0 saturated heterocycles. The number of aromatic nitrogens is 1. The van der Waals surface area contributed by atoms with Crippen LogP contribution in [0.4, 0.5) is 20.9 Å². The van der Waals surface area contributed by atoms with E-state index in [0.717, 1.165) is 16.8 Å². The zero-order chi connectivity index (χ0) is 16.5. The van der Waals surface area contributed by atoms with Gasteiger partial charge in [-0.2, -0.15) is 4.98 Å². The summed E-state index contributed by atoms with van der Waals surface area (Å²) >= 11 is 1.29. The van der Waals surface area contributed by atoms with Crippen molar-refractivity contribution in [3.8, 4) is 5.88 Å². The maximum absolute atomic E-state index is 13.2. The minimum absolute atomic E-state index is 0.0656. The van der Waals surface area contributed by atoms with Gasteiger partial charge in [-0.3, -0.25) is 4.99 Å². The lowest BCUT2D eigenvalue weighted by atomic mass is 10.1. The summed E-state index contributed by atoms with van der Waals surface area (Å²) in [5.74, 6) is -0.397. The molecule has 118 valence electrons. The van der Waals surface area contributed by atoms with E-state index in [1.54, 1.807) is 18.3 Å². The number of thiazole rings is 1. The van der Waals surface area contributed by atoms with Gasteiger partial charge < -0.3 is 10.4 Å². The Labute approximate surface area is 141 Å². The van der Waals surface area contributed by atoms with Gasteiger partial charge in [0.1, 0.15) is 5.82 Å². The number of anilines is 2. The second-order valence-corrected chi connectivity index (χ2v) is 6.25. The van der Waals surface area contributed by atoms with E-state index in [2.05, 4.69) is 15.3 Å². The third-order valence-electron chi connectivity index (χ3n) is 3.55. The van der Waals surface area contributed by atoms with Crippen molar-refractivity contribution in [3.05, 3.63) is 64.8 Å².